The van der Waals surface area contributed by atoms with Crippen LogP contribution in [0.4, 0.5) is 0 Å². The van der Waals surface area contributed by atoms with Crippen LogP contribution in [0.1, 0.15) is 16.7 Å². The molecule has 4 aromatic carbocycles. The van der Waals surface area contributed by atoms with Gasteiger partial charge in [-0.25, -0.2) is 0 Å². The second kappa shape index (κ2) is 12.7. The summed E-state index contributed by atoms with van der Waals surface area (Å²) in [6.07, 6.45) is 2.53. The van der Waals surface area contributed by atoms with Gasteiger partial charge in [-0.3, -0.25) is 0 Å². The summed E-state index contributed by atoms with van der Waals surface area (Å²) < 4.78 is 18.9. The van der Waals surface area contributed by atoms with Gasteiger partial charge < -0.3 is 14.2 Å². The van der Waals surface area contributed by atoms with Crippen LogP contribution >= 0.6 is 0 Å². The molecular weight excluding hydrogens is 436 g/mol. The van der Waals surface area contributed by atoms with E-state index in [1.54, 1.807) is 0 Å². The van der Waals surface area contributed by atoms with Crippen molar-refractivity contribution in [3.63, 3.8) is 0 Å². The van der Waals surface area contributed by atoms with Crippen molar-refractivity contribution >= 4 is 15.4 Å². The van der Waals surface area contributed by atoms with E-state index in [-0.39, 0.29) is 0 Å². The summed E-state index contributed by atoms with van der Waals surface area (Å²) in [6, 6.07) is 35.4. The molecule has 0 N–H and O–H groups in total. The minimum atomic E-state index is 0.569. The molecule has 4 aromatic rings. The predicted molar refractivity (Wildman–Crippen MR) is 143 cm³/mol. The highest BCUT2D eigenvalue weighted by Crippen LogP contribution is 2.36. The molecule has 0 aliphatic heterocycles. The topological polar surface area (TPSA) is 27.7 Å². The zero-order valence-corrected chi connectivity index (χ0v) is 21.8. The van der Waals surface area contributed by atoms with Crippen LogP contribution in [-0.4, -0.2) is 30.1 Å². The Bertz CT molecular complexity index is 1130. The van der Waals surface area contributed by atoms with Gasteiger partial charge in [0.05, 0.1) is 19.8 Å². The molecule has 174 valence electrons. The standard InChI is InChI=1S/C30H32O3Si/c34-28-17-16-27(31-21-18-24-10-4-1-5-11-24)29(32-22-19-25-12-6-2-7-13-25)30(28)33-23-20-26-14-8-3-9-15-26/h1-17H,18-23H2,34H3. The molecule has 34 heavy (non-hydrogen) atoms. The van der Waals surface area contributed by atoms with Gasteiger partial charge in [-0.05, 0) is 27.9 Å². The SMILES string of the molecule is [SiH3]c1ccc(OCCc2ccccc2)c(OCCc2ccccc2)c1OCCc1ccccc1. The Labute approximate surface area is 205 Å². The van der Waals surface area contributed by atoms with Crippen molar-refractivity contribution in [2.75, 3.05) is 19.8 Å². The highest BCUT2D eigenvalue weighted by Gasteiger charge is 2.16. The van der Waals surface area contributed by atoms with Crippen LogP contribution in [0.5, 0.6) is 17.2 Å². The van der Waals surface area contributed by atoms with E-state index in [2.05, 4.69) is 78.9 Å². The molecule has 0 bridgehead atoms. The first-order valence-corrected chi connectivity index (χ1v) is 12.9. The van der Waals surface area contributed by atoms with E-state index < -0.39 is 0 Å². The first kappa shape index (κ1) is 23.6. The molecule has 0 aromatic heterocycles. The lowest BCUT2D eigenvalue weighted by molar-refractivity contribution is 0.247. The molecule has 0 heterocycles. The normalized spacial score (nSPS) is 10.7. The van der Waals surface area contributed by atoms with Gasteiger partial charge in [-0.1, -0.05) is 97.1 Å². The van der Waals surface area contributed by atoms with Crippen molar-refractivity contribution < 1.29 is 14.2 Å². The van der Waals surface area contributed by atoms with Crippen LogP contribution in [0.3, 0.4) is 0 Å². The quantitative estimate of drug-likeness (QED) is 0.286. The molecule has 0 saturated carbocycles. The van der Waals surface area contributed by atoms with Crippen molar-refractivity contribution in [1.82, 2.24) is 0 Å². The second-order valence-corrected chi connectivity index (χ2v) is 9.37. The van der Waals surface area contributed by atoms with Gasteiger partial charge >= 0.3 is 0 Å². The third kappa shape index (κ3) is 7.00. The van der Waals surface area contributed by atoms with Crippen LogP contribution in [-0.2, 0) is 19.3 Å². The molecule has 0 amide bonds. The lowest BCUT2D eigenvalue weighted by Crippen LogP contribution is -2.15. The van der Waals surface area contributed by atoms with Crippen molar-refractivity contribution in [1.29, 1.82) is 0 Å². The van der Waals surface area contributed by atoms with E-state index in [1.807, 2.05) is 24.3 Å². The summed E-state index contributed by atoms with van der Waals surface area (Å²) in [5, 5.41) is 1.18. The summed E-state index contributed by atoms with van der Waals surface area (Å²) in [5.74, 6) is 2.30. The molecule has 0 aliphatic rings. The molecule has 3 nitrogen and oxygen atoms in total. The Hall–Kier alpha value is -3.50. The number of hydrogen-bond donors (Lipinski definition) is 0. The van der Waals surface area contributed by atoms with Crippen molar-refractivity contribution in [3.05, 3.63) is 120 Å². The molecule has 4 rings (SSSR count). The van der Waals surface area contributed by atoms with Gasteiger partial charge in [-0.15, -0.1) is 0 Å². The minimum absolute atomic E-state index is 0.569. The first-order valence-electron chi connectivity index (χ1n) is 11.9. The third-order valence-corrected chi connectivity index (χ3v) is 6.51. The molecule has 0 spiro atoms. The van der Waals surface area contributed by atoms with Crippen LogP contribution in [0.15, 0.2) is 103 Å². The highest BCUT2D eigenvalue weighted by molar-refractivity contribution is 6.34. The Morgan fingerprint density at radius 3 is 1.32 bits per heavy atom. The van der Waals surface area contributed by atoms with E-state index >= 15 is 0 Å². The first-order chi connectivity index (χ1) is 16.8. The summed E-state index contributed by atoms with van der Waals surface area (Å²) in [4.78, 5) is 0. The lowest BCUT2D eigenvalue weighted by Gasteiger charge is -2.19. The van der Waals surface area contributed by atoms with Crippen LogP contribution < -0.4 is 19.4 Å². The van der Waals surface area contributed by atoms with Crippen LogP contribution in [0.2, 0.25) is 0 Å². The van der Waals surface area contributed by atoms with Gasteiger partial charge in [0.15, 0.2) is 11.5 Å². The summed E-state index contributed by atoms with van der Waals surface area (Å²) >= 11 is 0. The Morgan fingerprint density at radius 2 is 0.853 bits per heavy atom. The maximum atomic E-state index is 6.33. The summed E-state index contributed by atoms with van der Waals surface area (Å²) in [5.41, 5.74) is 3.77. The van der Waals surface area contributed by atoms with Crippen molar-refractivity contribution in [2.24, 2.45) is 0 Å². The van der Waals surface area contributed by atoms with E-state index in [0.717, 1.165) is 46.8 Å². The number of rotatable bonds is 12. The monoisotopic (exact) mass is 468 g/mol. The third-order valence-electron chi connectivity index (χ3n) is 5.72. The van der Waals surface area contributed by atoms with E-state index in [9.17, 15) is 0 Å². The molecule has 4 heteroatoms. The minimum Gasteiger partial charge on any atom is -0.489 e. The summed E-state index contributed by atoms with van der Waals surface area (Å²) in [6.45, 7) is 1.75. The largest absolute Gasteiger partial charge is 0.489 e. The fraction of sp³-hybridized carbons (Fsp3) is 0.200. The molecule has 0 unspecified atom stereocenters. The molecule has 0 saturated heterocycles. The zero-order chi connectivity index (χ0) is 23.4. The van der Waals surface area contributed by atoms with Gasteiger partial charge in [0.2, 0.25) is 5.75 Å². The Morgan fingerprint density at radius 1 is 0.441 bits per heavy atom. The highest BCUT2D eigenvalue weighted by atomic mass is 28.1. The molecular formula is C30H32O3Si. The molecule has 0 radical (unpaired) electrons. The fourth-order valence-corrected chi connectivity index (χ4v) is 4.37. The van der Waals surface area contributed by atoms with Crippen molar-refractivity contribution in [2.45, 2.75) is 19.3 Å². The fourth-order valence-electron chi connectivity index (χ4n) is 3.83. The van der Waals surface area contributed by atoms with Gasteiger partial charge in [0.1, 0.15) is 0 Å². The van der Waals surface area contributed by atoms with E-state index in [4.69, 9.17) is 14.2 Å². The van der Waals surface area contributed by atoms with Crippen LogP contribution in [0.25, 0.3) is 0 Å². The van der Waals surface area contributed by atoms with Gasteiger partial charge in [0, 0.05) is 29.5 Å². The van der Waals surface area contributed by atoms with E-state index in [0.29, 0.717) is 19.8 Å². The lowest BCUT2D eigenvalue weighted by atomic mass is 10.1. The number of benzene rings is 4. The predicted octanol–water partition coefficient (Wildman–Crippen LogP) is 4.54. The van der Waals surface area contributed by atoms with E-state index in [1.165, 1.54) is 21.9 Å². The molecule has 0 fully saturated rings. The van der Waals surface area contributed by atoms with Gasteiger partial charge in [0.25, 0.3) is 0 Å². The maximum absolute atomic E-state index is 6.33. The average Bonchev–Trinajstić information content (AvgIpc) is 2.88. The summed E-state index contributed by atoms with van der Waals surface area (Å²) in [7, 11) is 0.868. The Balaban J connectivity index is 1.46. The number of ether oxygens (including phenoxy) is 3. The smallest absolute Gasteiger partial charge is 0.203 e. The molecule has 0 atom stereocenters. The van der Waals surface area contributed by atoms with Crippen LogP contribution in [0, 0.1) is 0 Å². The number of hydrogen-bond acceptors (Lipinski definition) is 3. The van der Waals surface area contributed by atoms with Gasteiger partial charge in [-0.2, -0.15) is 0 Å². The zero-order valence-electron chi connectivity index (χ0n) is 19.8. The Kier molecular flexibility index (Phi) is 8.81. The molecule has 0 aliphatic carbocycles. The average molecular weight is 469 g/mol. The second-order valence-electron chi connectivity index (χ2n) is 8.29. The maximum Gasteiger partial charge on any atom is 0.203 e. The van der Waals surface area contributed by atoms with Crippen molar-refractivity contribution in [3.8, 4) is 17.2 Å².